The van der Waals surface area contributed by atoms with Gasteiger partial charge in [-0.3, -0.25) is 4.79 Å². The van der Waals surface area contributed by atoms with Crippen molar-refractivity contribution >= 4 is 18.7 Å². The van der Waals surface area contributed by atoms with E-state index in [0.29, 0.717) is 12.1 Å². The summed E-state index contributed by atoms with van der Waals surface area (Å²) in [5.41, 5.74) is -1.74. The van der Waals surface area contributed by atoms with Crippen LogP contribution in [0.3, 0.4) is 0 Å². The monoisotopic (exact) mass is 221 g/mol. The SMILES string of the molecule is COc1cc(F)c([B-](F)(F)F)cc1C=O. The predicted octanol–water partition coefficient (Wildman–Crippen LogP) is 1.70. The van der Waals surface area contributed by atoms with E-state index in [-0.39, 0.29) is 17.6 Å². The average Bonchev–Trinajstić information content (AvgIpc) is 2.15. The Bertz CT molecular complexity index is 389. The van der Waals surface area contributed by atoms with Gasteiger partial charge in [0.1, 0.15) is 5.75 Å². The van der Waals surface area contributed by atoms with Gasteiger partial charge in [-0.15, -0.1) is 0 Å². The highest BCUT2D eigenvalue weighted by atomic mass is 19.4. The standard InChI is InChI=1S/C8H6BF4O2/c1-15-8-3-7(10)6(9(11,12)13)2-5(8)4-14/h2-4H,1H3/q-1. The number of hydrogen-bond donors (Lipinski definition) is 0. The molecule has 0 spiro atoms. The quantitative estimate of drug-likeness (QED) is 0.441. The maximum absolute atomic E-state index is 12.9. The number of halogens is 4. The highest BCUT2D eigenvalue weighted by Crippen LogP contribution is 2.20. The molecule has 0 aliphatic carbocycles. The Morgan fingerprint density at radius 3 is 2.33 bits per heavy atom. The van der Waals surface area contributed by atoms with Gasteiger partial charge < -0.3 is 17.7 Å². The number of carbonyl (C=O) groups is 1. The first-order valence-corrected chi connectivity index (χ1v) is 3.92. The zero-order valence-corrected chi connectivity index (χ0v) is 7.64. The fourth-order valence-electron chi connectivity index (χ4n) is 1.11. The summed E-state index contributed by atoms with van der Waals surface area (Å²) in [6, 6.07) is 0.996. The average molecular weight is 221 g/mol. The topological polar surface area (TPSA) is 26.3 Å². The Balaban J connectivity index is 3.39. The molecule has 7 heteroatoms. The van der Waals surface area contributed by atoms with E-state index in [0.717, 1.165) is 7.11 Å². The zero-order chi connectivity index (χ0) is 11.6. The van der Waals surface area contributed by atoms with Crippen LogP contribution in [-0.2, 0) is 0 Å². The van der Waals surface area contributed by atoms with E-state index in [9.17, 15) is 22.1 Å². The summed E-state index contributed by atoms with van der Waals surface area (Å²) in [6.07, 6.45) is 0.184. The smallest absolute Gasteiger partial charge is 0.496 e. The molecule has 0 bridgehead atoms. The molecule has 0 N–H and O–H groups in total. The predicted molar refractivity (Wildman–Crippen MR) is 47.1 cm³/mol. The Morgan fingerprint density at radius 1 is 1.33 bits per heavy atom. The molecular formula is C8H6BF4O2-. The third-order valence-corrected chi connectivity index (χ3v) is 1.83. The molecule has 0 aliphatic rings. The van der Waals surface area contributed by atoms with Crippen molar-refractivity contribution in [2.45, 2.75) is 0 Å². The third kappa shape index (κ3) is 2.29. The molecule has 1 rings (SSSR count). The minimum atomic E-state index is -5.47. The highest BCUT2D eigenvalue weighted by Gasteiger charge is 2.30. The van der Waals surface area contributed by atoms with E-state index in [2.05, 4.69) is 4.74 Å². The van der Waals surface area contributed by atoms with Gasteiger partial charge in [-0.2, -0.15) is 0 Å². The summed E-state index contributed by atoms with van der Waals surface area (Å²) in [6.45, 7) is -5.47. The molecular weight excluding hydrogens is 215 g/mol. The van der Waals surface area contributed by atoms with Crippen LogP contribution >= 0.6 is 0 Å². The van der Waals surface area contributed by atoms with Crippen LogP contribution in [0.5, 0.6) is 5.75 Å². The minimum absolute atomic E-state index is 0.184. The fraction of sp³-hybridized carbons (Fsp3) is 0.125. The van der Waals surface area contributed by atoms with Crippen LogP contribution < -0.4 is 10.2 Å². The lowest BCUT2D eigenvalue weighted by molar-refractivity contribution is 0.112. The number of benzene rings is 1. The maximum atomic E-state index is 12.9. The maximum Gasteiger partial charge on any atom is 0.512 e. The summed E-state index contributed by atoms with van der Waals surface area (Å²) >= 11 is 0. The molecule has 0 radical (unpaired) electrons. The summed E-state index contributed by atoms with van der Waals surface area (Å²) in [5, 5.41) is 0. The van der Waals surface area contributed by atoms with Crippen molar-refractivity contribution in [1.29, 1.82) is 0 Å². The van der Waals surface area contributed by atoms with Gasteiger partial charge in [0.15, 0.2) is 6.29 Å². The van der Waals surface area contributed by atoms with Crippen LogP contribution in [0.2, 0.25) is 0 Å². The molecule has 0 atom stereocenters. The number of methoxy groups -OCH3 is 1. The van der Waals surface area contributed by atoms with Crippen LogP contribution in [0.15, 0.2) is 12.1 Å². The van der Waals surface area contributed by atoms with Gasteiger partial charge in [0.2, 0.25) is 0 Å². The Morgan fingerprint density at radius 2 is 1.93 bits per heavy atom. The van der Waals surface area contributed by atoms with E-state index >= 15 is 0 Å². The first-order valence-electron chi connectivity index (χ1n) is 3.92. The fourth-order valence-corrected chi connectivity index (χ4v) is 1.11. The van der Waals surface area contributed by atoms with Gasteiger partial charge >= 0.3 is 6.98 Å². The summed E-state index contributed by atoms with van der Waals surface area (Å²) in [4.78, 5) is 10.4. The van der Waals surface area contributed by atoms with Crippen molar-refractivity contribution in [3.8, 4) is 5.75 Å². The summed E-state index contributed by atoms with van der Waals surface area (Å²) in [5.74, 6) is -1.66. The lowest BCUT2D eigenvalue weighted by Gasteiger charge is -2.17. The third-order valence-electron chi connectivity index (χ3n) is 1.83. The van der Waals surface area contributed by atoms with Crippen LogP contribution in [0, 0.1) is 5.82 Å². The number of ether oxygens (including phenoxy) is 1. The van der Waals surface area contributed by atoms with Crippen LogP contribution in [-0.4, -0.2) is 20.4 Å². The van der Waals surface area contributed by atoms with Gasteiger partial charge in [0, 0.05) is 6.07 Å². The van der Waals surface area contributed by atoms with Crippen molar-refractivity contribution in [3.63, 3.8) is 0 Å². The van der Waals surface area contributed by atoms with Gasteiger partial charge in [-0.1, -0.05) is 11.5 Å². The molecule has 0 saturated heterocycles. The van der Waals surface area contributed by atoms with Gasteiger partial charge in [-0.25, -0.2) is 4.39 Å². The number of carbonyl (C=O) groups excluding carboxylic acids is 1. The Labute approximate surface area is 82.9 Å². The first-order chi connectivity index (χ1) is 6.90. The lowest BCUT2D eigenvalue weighted by atomic mass is 9.79. The second-order valence-electron chi connectivity index (χ2n) is 2.81. The molecule has 0 heterocycles. The molecule has 0 aliphatic heterocycles. The second kappa shape index (κ2) is 3.92. The molecule has 82 valence electrons. The molecule has 0 fully saturated rings. The van der Waals surface area contributed by atoms with E-state index in [1.165, 1.54) is 0 Å². The van der Waals surface area contributed by atoms with Crippen molar-refractivity contribution in [1.82, 2.24) is 0 Å². The van der Waals surface area contributed by atoms with Gasteiger partial charge in [0.05, 0.1) is 18.5 Å². The van der Waals surface area contributed by atoms with Crippen molar-refractivity contribution in [2.75, 3.05) is 7.11 Å². The number of hydrogen-bond acceptors (Lipinski definition) is 2. The van der Waals surface area contributed by atoms with E-state index in [1.807, 2.05) is 0 Å². The molecule has 1 aromatic rings. The van der Waals surface area contributed by atoms with E-state index < -0.39 is 18.3 Å². The second-order valence-corrected chi connectivity index (χ2v) is 2.81. The van der Waals surface area contributed by atoms with Gasteiger partial charge in [0.25, 0.3) is 0 Å². The molecule has 15 heavy (non-hydrogen) atoms. The van der Waals surface area contributed by atoms with Crippen LogP contribution in [0.4, 0.5) is 17.3 Å². The molecule has 2 nitrogen and oxygen atoms in total. The van der Waals surface area contributed by atoms with E-state index in [4.69, 9.17) is 0 Å². The number of aldehydes is 1. The highest BCUT2D eigenvalue weighted by molar-refractivity contribution is 6.73. The number of rotatable bonds is 3. The summed E-state index contributed by atoms with van der Waals surface area (Å²) < 4.78 is 54.3. The minimum Gasteiger partial charge on any atom is -0.496 e. The Kier molecular flexibility index (Phi) is 3.02. The Hall–Kier alpha value is -1.53. The van der Waals surface area contributed by atoms with Crippen molar-refractivity contribution in [3.05, 3.63) is 23.5 Å². The summed E-state index contributed by atoms with van der Waals surface area (Å²) in [7, 11) is 1.14. The zero-order valence-electron chi connectivity index (χ0n) is 7.64. The molecule has 1 aromatic carbocycles. The van der Waals surface area contributed by atoms with Crippen LogP contribution in [0.25, 0.3) is 0 Å². The molecule has 0 amide bonds. The lowest BCUT2D eigenvalue weighted by Crippen LogP contribution is -2.37. The molecule has 0 saturated carbocycles. The normalized spacial score (nSPS) is 11.3. The largest absolute Gasteiger partial charge is 0.512 e. The van der Waals surface area contributed by atoms with Crippen molar-refractivity contribution < 1.29 is 26.9 Å². The molecule has 0 unspecified atom stereocenters. The van der Waals surface area contributed by atoms with Crippen LogP contribution in [0.1, 0.15) is 10.4 Å². The molecule has 0 aromatic heterocycles. The van der Waals surface area contributed by atoms with Gasteiger partial charge in [-0.05, 0) is 0 Å². The van der Waals surface area contributed by atoms with E-state index in [1.54, 1.807) is 0 Å². The first kappa shape index (κ1) is 11.5. The van der Waals surface area contributed by atoms with Crippen molar-refractivity contribution in [2.24, 2.45) is 0 Å².